The first-order chi connectivity index (χ1) is 13.8. The second-order valence-electron chi connectivity index (χ2n) is 7.59. The van der Waals surface area contributed by atoms with E-state index in [2.05, 4.69) is 0 Å². The molecule has 29 heavy (non-hydrogen) atoms. The van der Waals surface area contributed by atoms with Gasteiger partial charge in [-0.3, -0.25) is 9.59 Å². The molecular formula is C23H23NO5. The van der Waals surface area contributed by atoms with Crippen LogP contribution in [0.2, 0.25) is 0 Å². The van der Waals surface area contributed by atoms with Crippen LogP contribution in [0.25, 0.3) is 0 Å². The number of phenols is 1. The molecule has 3 unspecified atom stereocenters. The van der Waals surface area contributed by atoms with E-state index in [0.29, 0.717) is 22.6 Å². The Kier molecular flexibility index (Phi) is 4.37. The number of likely N-dealkylation sites (N-methyl/N-ethyl adjacent to an activating group) is 1. The van der Waals surface area contributed by atoms with Gasteiger partial charge in [-0.25, -0.2) is 0 Å². The molecule has 0 saturated carbocycles. The van der Waals surface area contributed by atoms with E-state index in [1.807, 2.05) is 24.3 Å². The van der Waals surface area contributed by atoms with Crippen LogP contribution in [-0.4, -0.2) is 42.0 Å². The Bertz CT molecular complexity index is 1030. The molecule has 0 saturated heterocycles. The molecule has 0 spiro atoms. The Labute approximate surface area is 169 Å². The third-order valence-corrected chi connectivity index (χ3v) is 5.95. The fraction of sp³-hybridized carbons (Fsp3) is 0.304. The molecule has 6 nitrogen and oxygen atoms in total. The quantitative estimate of drug-likeness (QED) is 0.860. The van der Waals surface area contributed by atoms with E-state index in [1.54, 1.807) is 37.4 Å². The summed E-state index contributed by atoms with van der Waals surface area (Å²) in [5.74, 6) is 0.448. The van der Waals surface area contributed by atoms with E-state index in [0.717, 1.165) is 5.56 Å². The molecule has 0 fully saturated rings. The summed E-state index contributed by atoms with van der Waals surface area (Å²) in [6.45, 7) is 3.02. The van der Waals surface area contributed by atoms with Crippen LogP contribution in [0.4, 0.5) is 0 Å². The number of rotatable bonds is 4. The van der Waals surface area contributed by atoms with Crippen molar-refractivity contribution in [2.45, 2.75) is 31.4 Å². The number of nitrogens with zero attached hydrogens (tertiary/aromatic N) is 1. The average Bonchev–Trinajstić information content (AvgIpc) is 3.04. The van der Waals surface area contributed by atoms with Crippen molar-refractivity contribution in [3.63, 3.8) is 0 Å². The molecule has 0 radical (unpaired) electrons. The van der Waals surface area contributed by atoms with Crippen molar-refractivity contribution in [3.8, 4) is 17.2 Å². The van der Waals surface area contributed by atoms with Crippen molar-refractivity contribution in [2.75, 3.05) is 14.2 Å². The fourth-order valence-electron chi connectivity index (χ4n) is 4.70. The first kappa shape index (κ1) is 19.1. The monoisotopic (exact) mass is 393 g/mol. The number of hydrogen-bond acceptors (Lipinski definition) is 6. The average molecular weight is 393 g/mol. The number of ketones is 2. The lowest BCUT2D eigenvalue weighted by Crippen LogP contribution is -2.58. The first-order valence-electron chi connectivity index (χ1n) is 9.40. The highest BCUT2D eigenvalue weighted by Crippen LogP contribution is 2.57. The second kappa shape index (κ2) is 6.65. The number of carbonyl (C=O) groups is 2. The molecule has 0 aromatic heterocycles. The minimum atomic E-state index is -1.17. The number of benzene rings is 2. The van der Waals surface area contributed by atoms with Crippen LogP contribution >= 0.6 is 0 Å². The Hall–Kier alpha value is -3.28. The van der Waals surface area contributed by atoms with Gasteiger partial charge in [-0.15, -0.1) is 0 Å². The molecule has 2 aromatic rings. The van der Waals surface area contributed by atoms with Gasteiger partial charge in [-0.2, -0.15) is 0 Å². The van der Waals surface area contributed by atoms with Crippen LogP contribution in [0.15, 0.2) is 54.2 Å². The van der Waals surface area contributed by atoms with Gasteiger partial charge in [-0.1, -0.05) is 12.1 Å². The van der Waals surface area contributed by atoms with Crippen LogP contribution in [0, 0.1) is 0 Å². The van der Waals surface area contributed by atoms with Gasteiger partial charge in [-0.05, 0) is 49.7 Å². The summed E-state index contributed by atoms with van der Waals surface area (Å²) in [7, 11) is 3.38. The van der Waals surface area contributed by atoms with Crippen LogP contribution in [0.1, 0.15) is 30.9 Å². The molecule has 0 amide bonds. The molecule has 2 aliphatic rings. The Morgan fingerprint density at radius 3 is 2.41 bits per heavy atom. The molecule has 4 rings (SSSR count). The summed E-state index contributed by atoms with van der Waals surface area (Å²) >= 11 is 0. The van der Waals surface area contributed by atoms with Gasteiger partial charge in [0, 0.05) is 30.3 Å². The van der Waals surface area contributed by atoms with Gasteiger partial charge in [0.25, 0.3) is 0 Å². The molecular weight excluding hydrogens is 370 g/mol. The van der Waals surface area contributed by atoms with Crippen molar-refractivity contribution in [1.29, 1.82) is 0 Å². The third-order valence-electron chi connectivity index (χ3n) is 5.95. The Balaban J connectivity index is 2.05. The maximum atomic E-state index is 13.3. The predicted octanol–water partition coefficient (Wildman–Crippen LogP) is 3.15. The van der Waals surface area contributed by atoms with Crippen molar-refractivity contribution < 1.29 is 24.2 Å². The van der Waals surface area contributed by atoms with Gasteiger partial charge in [0.1, 0.15) is 28.4 Å². The van der Waals surface area contributed by atoms with Gasteiger partial charge in [0.05, 0.1) is 7.11 Å². The minimum absolute atomic E-state index is 0.0451. The topological polar surface area (TPSA) is 76.1 Å². The smallest absolute Gasteiger partial charge is 0.189 e. The maximum absolute atomic E-state index is 13.3. The lowest BCUT2D eigenvalue weighted by atomic mass is 9.60. The highest BCUT2D eigenvalue weighted by Gasteiger charge is 2.62. The lowest BCUT2D eigenvalue weighted by Gasteiger charge is -2.46. The highest BCUT2D eigenvalue weighted by atomic mass is 16.5. The maximum Gasteiger partial charge on any atom is 0.189 e. The summed E-state index contributed by atoms with van der Waals surface area (Å²) in [4.78, 5) is 27.8. The largest absolute Gasteiger partial charge is 0.508 e. The zero-order valence-electron chi connectivity index (χ0n) is 16.8. The molecule has 6 heteroatoms. The number of hydrogen-bond donors (Lipinski definition) is 1. The number of phenolic OH excluding ortho intramolecular Hbond substituents is 1. The molecule has 0 aliphatic carbocycles. The van der Waals surface area contributed by atoms with E-state index in [9.17, 15) is 14.7 Å². The molecule has 1 N–H and O–H groups in total. The van der Waals surface area contributed by atoms with Gasteiger partial charge >= 0.3 is 0 Å². The molecule has 2 aliphatic heterocycles. The zero-order chi connectivity index (χ0) is 20.9. The summed E-state index contributed by atoms with van der Waals surface area (Å²) in [5.41, 5.74) is 0.742. The number of allylic oxidation sites excluding steroid dienone is 1. The number of aromatic hydroxyl groups is 1. The molecule has 0 bridgehead atoms. The SMILES string of the molecule is COc1ccc(C2C(C(C)=O)=CN(C)C3Oc4ccc(O)cc4C23C(C)=O)cc1. The van der Waals surface area contributed by atoms with Crippen LogP contribution < -0.4 is 9.47 Å². The molecule has 2 aromatic carbocycles. The standard InChI is InChI=1S/C23H23NO5/c1-13(25)18-12-24(3)22-23(14(2)26,19-11-16(27)7-10-20(19)29-22)21(18)15-5-8-17(28-4)9-6-15/h5-12,21-22,27H,1-4H3. The summed E-state index contributed by atoms with van der Waals surface area (Å²) < 4.78 is 11.4. The van der Waals surface area contributed by atoms with Crippen LogP contribution in [-0.2, 0) is 15.0 Å². The number of methoxy groups -OCH3 is 1. The van der Waals surface area contributed by atoms with Gasteiger partial charge in [0.15, 0.2) is 12.0 Å². The lowest BCUT2D eigenvalue weighted by molar-refractivity contribution is -0.130. The molecule has 3 atom stereocenters. The fourth-order valence-corrected chi connectivity index (χ4v) is 4.70. The van der Waals surface area contributed by atoms with Crippen molar-refractivity contribution in [1.82, 2.24) is 4.90 Å². The van der Waals surface area contributed by atoms with Gasteiger partial charge < -0.3 is 19.5 Å². The van der Waals surface area contributed by atoms with Crippen molar-refractivity contribution in [3.05, 3.63) is 65.4 Å². The number of carbonyl (C=O) groups excluding carboxylic acids is 2. The van der Waals surface area contributed by atoms with Crippen LogP contribution in [0.5, 0.6) is 17.2 Å². The highest BCUT2D eigenvalue weighted by molar-refractivity contribution is 6.01. The zero-order valence-corrected chi connectivity index (χ0v) is 16.8. The summed E-state index contributed by atoms with van der Waals surface area (Å²) in [5, 5.41) is 10.2. The van der Waals surface area contributed by atoms with E-state index in [1.165, 1.54) is 19.9 Å². The minimum Gasteiger partial charge on any atom is -0.508 e. The van der Waals surface area contributed by atoms with Crippen LogP contribution in [0.3, 0.4) is 0 Å². The van der Waals surface area contributed by atoms with E-state index in [4.69, 9.17) is 9.47 Å². The summed E-state index contributed by atoms with van der Waals surface area (Å²) in [6, 6.07) is 12.1. The Morgan fingerprint density at radius 2 is 1.83 bits per heavy atom. The first-order valence-corrected chi connectivity index (χ1v) is 9.40. The predicted molar refractivity (Wildman–Crippen MR) is 107 cm³/mol. The van der Waals surface area contributed by atoms with E-state index < -0.39 is 17.6 Å². The molecule has 2 heterocycles. The number of ether oxygens (including phenoxy) is 2. The van der Waals surface area contributed by atoms with E-state index >= 15 is 0 Å². The number of fused-ring (bicyclic) bond motifs is 3. The normalized spacial score (nSPS) is 24.8. The van der Waals surface area contributed by atoms with Gasteiger partial charge in [0.2, 0.25) is 0 Å². The second-order valence-corrected chi connectivity index (χ2v) is 7.59. The summed E-state index contributed by atoms with van der Waals surface area (Å²) in [6.07, 6.45) is 1.13. The molecule has 150 valence electrons. The number of Topliss-reactive ketones (excluding diaryl/α,β-unsaturated/α-hetero) is 2. The van der Waals surface area contributed by atoms with E-state index in [-0.39, 0.29) is 17.3 Å². The van der Waals surface area contributed by atoms with Crippen molar-refractivity contribution >= 4 is 11.6 Å². The Morgan fingerprint density at radius 1 is 1.14 bits per heavy atom. The van der Waals surface area contributed by atoms with Crippen molar-refractivity contribution in [2.24, 2.45) is 0 Å². The third kappa shape index (κ3) is 2.63.